The highest BCUT2D eigenvalue weighted by molar-refractivity contribution is 5.05. The summed E-state index contributed by atoms with van der Waals surface area (Å²) in [6.45, 7) is 11.1. The molecule has 2 rings (SSSR count). The first kappa shape index (κ1) is 10.9. The minimum atomic E-state index is 0.149. The third-order valence-corrected chi connectivity index (χ3v) is 4.23. The Labute approximate surface area is 92.4 Å². The minimum absolute atomic E-state index is 0.149. The number of fused-ring (bicyclic) bond motifs is 1. The molecule has 1 N–H and O–H groups in total. The second-order valence-electron chi connectivity index (χ2n) is 5.61. The highest BCUT2D eigenvalue weighted by atomic mass is 15.2. The zero-order chi connectivity index (χ0) is 11.1. The Morgan fingerprint density at radius 3 is 2.87 bits per heavy atom. The Morgan fingerprint density at radius 1 is 1.53 bits per heavy atom. The summed E-state index contributed by atoms with van der Waals surface area (Å²) in [4.78, 5) is 2.51. The van der Waals surface area contributed by atoms with E-state index >= 15 is 0 Å². The molecule has 2 heterocycles. The van der Waals surface area contributed by atoms with E-state index in [4.69, 9.17) is 5.26 Å². The first-order chi connectivity index (χ1) is 7.05. The first-order valence-corrected chi connectivity index (χ1v) is 5.91. The molecular formula is C12H21N3. The standard InChI is InChI=1S/C12H21N3/c1-9(4-13)7-15-8-10-5-14-6-11(10)12(15,2)3/h9-11,14H,5-8H2,1-3H3. The van der Waals surface area contributed by atoms with Gasteiger partial charge in [-0.15, -0.1) is 0 Å². The summed E-state index contributed by atoms with van der Waals surface area (Å²) in [5.41, 5.74) is 0.263. The maximum absolute atomic E-state index is 8.88. The van der Waals surface area contributed by atoms with Crippen LogP contribution in [0, 0.1) is 29.1 Å². The summed E-state index contributed by atoms with van der Waals surface area (Å²) in [7, 11) is 0. The Kier molecular flexibility index (Phi) is 2.74. The van der Waals surface area contributed by atoms with Crippen molar-refractivity contribution in [3.05, 3.63) is 0 Å². The summed E-state index contributed by atoms with van der Waals surface area (Å²) in [5, 5.41) is 12.4. The van der Waals surface area contributed by atoms with E-state index in [1.807, 2.05) is 6.92 Å². The van der Waals surface area contributed by atoms with E-state index in [9.17, 15) is 0 Å². The van der Waals surface area contributed by atoms with Gasteiger partial charge in [-0.2, -0.15) is 5.26 Å². The van der Waals surface area contributed by atoms with Crippen LogP contribution in [-0.2, 0) is 0 Å². The van der Waals surface area contributed by atoms with Gasteiger partial charge in [-0.05, 0) is 39.2 Å². The van der Waals surface area contributed by atoms with E-state index in [1.165, 1.54) is 0 Å². The van der Waals surface area contributed by atoms with Crippen LogP contribution < -0.4 is 5.32 Å². The maximum Gasteiger partial charge on any atom is 0.0666 e. The largest absolute Gasteiger partial charge is 0.316 e. The average molecular weight is 207 g/mol. The molecular weight excluding hydrogens is 186 g/mol. The second kappa shape index (κ2) is 3.77. The third kappa shape index (κ3) is 1.77. The number of hydrogen-bond acceptors (Lipinski definition) is 3. The van der Waals surface area contributed by atoms with Crippen molar-refractivity contribution in [3.8, 4) is 6.07 Å². The molecule has 3 unspecified atom stereocenters. The molecule has 3 atom stereocenters. The molecule has 0 amide bonds. The first-order valence-electron chi connectivity index (χ1n) is 5.91. The van der Waals surface area contributed by atoms with Crippen LogP contribution in [0.3, 0.4) is 0 Å². The van der Waals surface area contributed by atoms with Gasteiger partial charge >= 0.3 is 0 Å². The van der Waals surface area contributed by atoms with Gasteiger partial charge in [0.2, 0.25) is 0 Å². The molecule has 84 valence electrons. The van der Waals surface area contributed by atoms with E-state index in [-0.39, 0.29) is 11.5 Å². The van der Waals surface area contributed by atoms with Crippen molar-refractivity contribution in [2.24, 2.45) is 17.8 Å². The van der Waals surface area contributed by atoms with Crippen molar-refractivity contribution >= 4 is 0 Å². The van der Waals surface area contributed by atoms with Gasteiger partial charge in [-0.25, -0.2) is 0 Å². The number of nitrogens with zero attached hydrogens (tertiary/aromatic N) is 2. The lowest BCUT2D eigenvalue weighted by molar-refractivity contribution is 0.130. The van der Waals surface area contributed by atoms with E-state index in [1.54, 1.807) is 0 Å². The Morgan fingerprint density at radius 2 is 2.27 bits per heavy atom. The zero-order valence-electron chi connectivity index (χ0n) is 9.95. The van der Waals surface area contributed by atoms with Crippen LogP contribution in [0.25, 0.3) is 0 Å². The van der Waals surface area contributed by atoms with Crippen molar-refractivity contribution in [1.29, 1.82) is 5.26 Å². The lowest BCUT2D eigenvalue weighted by Gasteiger charge is -2.36. The molecule has 3 heteroatoms. The zero-order valence-corrected chi connectivity index (χ0v) is 9.95. The highest BCUT2D eigenvalue weighted by Crippen LogP contribution is 2.40. The molecule has 2 saturated heterocycles. The monoisotopic (exact) mass is 207 g/mol. The Hall–Kier alpha value is -0.590. The van der Waals surface area contributed by atoms with Gasteiger partial charge in [0.05, 0.1) is 12.0 Å². The molecule has 3 nitrogen and oxygen atoms in total. The summed E-state index contributed by atoms with van der Waals surface area (Å²) >= 11 is 0. The molecule has 0 aromatic rings. The summed E-state index contributed by atoms with van der Waals surface area (Å²) < 4.78 is 0. The summed E-state index contributed by atoms with van der Waals surface area (Å²) in [5.74, 6) is 1.71. The van der Waals surface area contributed by atoms with Crippen molar-refractivity contribution in [2.75, 3.05) is 26.2 Å². The Bertz CT molecular complexity index is 279. The summed E-state index contributed by atoms with van der Waals surface area (Å²) in [6.07, 6.45) is 0. The number of nitriles is 1. The number of hydrogen-bond donors (Lipinski definition) is 1. The molecule has 0 aromatic heterocycles. The summed E-state index contributed by atoms with van der Waals surface area (Å²) in [6, 6.07) is 2.34. The molecule has 2 aliphatic rings. The molecule has 0 saturated carbocycles. The van der Waals surface area contributed by atoms with Gasteiger partial charge < -0.3 is 5.32 Å². The van der Waals surface area contributed by atoms with Gasteiger partial charge in [0.15, 0.2) is 0 Å². The van der Waals surface area contributed by atoms with E-state index in [2.05, 4.69) is 30.1 Å². The quantitative estimate of drug-likeness (QED) is 0.736. The van der Waals surface area contributed by atoms with Crippen LogP contribution in [0.5, 0.6) is 0 Å². The van der Waals surface area contributed by atoms with Crippen LogP contribution in [0.4, 0.5) is 0 Å². The fourth-order valence-corrected chi connectivity index (χ4v) is 3.19. The average Bonchev–Trinajstić information content (AvgIpc) is 2.71. The van der Waals surface area contributed by atoms with Gasteiger partial charge in [0.1, 0.15) is 0 Å². The molecule has 0 aliphatic carbocycles. The number of rotatable bonds is 2. The second-order valence-corrected chi connectivity index (χ2v) is 5.61. The fourth-order valence-electron chi connectivity index (χ4n) is 3.19. The van der Waals surface area contributed by atoms with Gasteiger partial charge in [0.25, 0.3) is 0 Å². The molecule has 15 heavy (non-hydrogen) atoms. The van der Waals surface area contributed by atoms with Gasteiger partial charge in [0, 0.05) is 25.2 Å². The minimum Gasteiger partial charge on any atom is -0.316 e. The SMILES string of the molecule is CC(C#N)CN1CC2CNCC2C1(C)C. The van der Waals surface area contributed by atoms with E-state index in [0.29, 0.717) is 0 Å². The van der Waals surface area contributed by atoms with Crippen LogP contribution in [0.2, 0.25) is 0 Å². The van der Waals surface area contributed by atoms with Crippen LogP contribution in [0.1, 0.15) is 20.8 Å². The van der Waals surface area contributed by atoms with Crippen LogP contribution in [0.15, 0.2) is 0 Å². The lowest BCUT2D eigenvalue weighted by atomic mass is 9.84. The number of likely N-dealkylation sites (tertiary alicyclic amines) is 1. The third-order valence-electron chi connectivity index (χ3n) is 4.23. The highest BCUT2D eigenvalue weighted by Gasteiger charge is 2.49. The van der Waals surface area contributed by atoms with Crippen molar-refractivity contribution in [2.45, 2.75) is 26.3 Å². The fraction of sp³-hybridized carbons (Fsp3) is 0.917. The number of nitrogens with one attached hydrogen (secondary N) is 1. The van der Waals surface area contributed by atoms with Gasteiger partial charge in [-0.1, -0.05) is 0 Å². The molecule has 0 spiro atoms. The van der Waals surface area contributed by atoms with Crippen molar-refractivity contribution in [1.82, 2.24) is 10.2 Å². The molecule has 0 radical (unpaired) electrons. The smallest absolute Gasteiger partial charge is 0.0666 e. The van der Waals surface area contributed by atoms with Crippen LogP contribution in [-0.4, -0.2) is 36.6 Å². The molecule has 2 fully saturated rings. The molecule has 2 aliphatic heterocycles. The predicted octanol–water partition coefficient (Wildman–Crippen LogP) is 1.08. The van der Waals surface area contributed by atoms with E-state index < -0.39 is 0 Å². The Balaban J connectivity index is 2.06. The molecule has 0 aromatic carbocycles. The van der Waals surface area contributed by atoms with E-state index in [0.717, 1.165) is 38.0 Å². The topological polar surface area (TPSA) is 39.1 Å². The maximum atomic E-state index is 8.88. The normalized spacial score (nSPS) is 36.1. The predicted molar refractivity (Wildman–Crippen MR) is 60.3 cm³/mol. The lowest BCUT2D eigenvalue weighted by Crippen LogP contribution is -2.46. The van der Waals surface area contributed by atoms with Gasteiger partial charge in [-0.3, -0.25) is 4.90 Å². The van der Waals surface area contributed by atoms with Crippen molar-refractivity contribution < 1.29 is 0 Å². The van der Waals surface area contributed by atoms with Crippen LogP contribution >= 0.6 is 0 Å². The molecule has 0 bridgehead atoms. The van der Waals surface area contributed by atoms with Crippen molar-refractivity contribution in [3.63, 3.8) is 0 Å².